The summed E-state index contributed by atoms with van der Waals surface area (Å²) in [5.41, 5.74) is -1.08. The van der Waals surface area contributed by atoms with Crippen LogP contribution in [0, 0.1) is 0 Å². The van der Waals surface area contributed by atoms with Crippen LogP contribution in [0.3, 0.4) is 0 Å². The molecule has 0 aliphatic carbocycles. The van der Waals surface area contributed by atoms with E-state index in [1.54, 1.807) is 0 Å². The quantitative estimate of drug-likeness (QED) is 0.639. The topological polar surface area (TPSA) is 47.0 Å². The number of hydrogen-bond acceptors (Lipinski definition) is 3. The van der Waals surface area contributed by atoms with Gasteiger partial charge in [-0.25, -0.2) is 0 Å². The standard InChI is InChI=1S/C14H7ClF3NO2/c15-11-7-19-6-5-10(11)13(21)12(20)8-1-3-9(4-2-8)14(16,17)18/h1-7H. The lowest BCUT2D eigenvalue weighted by atomic mass is 10.0. The highest BCUT2D eigenvalue weighted by atomic mass is 35.5. The first kappa shape index (κ1) is 15.2. The van der Waals surface area contributed by atoms with E-state index in [1.165, 1.54) is 18.5 Å². The van der Waals surface area contributed by atoms with Gasteiger partial charge in [0.05, 0.1) is 10.6 Å². The van der Waals surface area contributed by atoms with Crippen LogP contribution in [-0.2, 0) is 6.18 Å². The Morgan fingerprint density at radius 1 is 1.00 bits per heavy atom. The van der Waals surface area contributed by atoms with Crippen LogP contribution in [0.15, 0.2) is 42.7 Å². The number of benzene rings is 1. The Balaban J connectivity index is 2.29. The molecule has 1 aromatic heterocycles. The fraction of sp³-hybridized carbons (Fsp3) is 0.0714. The van der Waals surface area contributed by atoms with Crippen molar-refractivity contribution in [2.24, 2.45) is 0 Å². The molecule has 0 aliphatic rings. The maximum Gasteiger partial charge on any atom is 0.416 e. The van der Waals surface area contributed by atoms with Gasteiger partial charge in [0, 0.05) is 23.5 Å². The van der Waals surface area contributed by atoms with Crippen LogP contribution in [0.4, 0.5) is 13.2 Å². The molecule has 0 N–H and O–H groups in total. The minimum absolute atomic E-state index is 0.00256. The van der Waals surface area contributed by atoms with Gasteiger partial charge in [0.1, 0.15) is 0 Å². The van der Waals surface area contributed by atoms with E-state index in [0.717, 1.165) is 24.3 Å². The third-order valence-electron chi connectivity index (χ3n) is 2.70. The third-order valence-corrected chi connectivity index (χ3v) is 3.00. The average Bonchev–Trinajstić information content (AvgIpc) is 2.45. The highest BCUT2D eigenvalue weighted by molar-refractivity contribution is 6.51. The fourth-order valence-corrected chi connectivity index (χ4v) is 1.83. The normalized spacial score (nSPS) is 11.2. The Morgan fingerprint density at radius 3 is 2.14 bits per heavy atom. The van der Waals surface area contributed by atoms with Crippen molar-refractivity contribution >= 4 is 23.2 Å². The zero-order valence-electron chi connectivity index (χ0n) is 10.3. The molecule has 7 heteroatoms. The molecule has 0 radical (unpaired) electrons. The molecule has 0 saturated heterocycles. The SMILES string of the molecule is O=C(C(=O)c1ccncc1Cl)c1ccc(C(F)(F)F)cc1. The first-order valence-electron chi connectivity index (χ1n) is 5.66. The zero-order valence-corrected chi connectivity index (χ0v) is 11.1. The maximum atomic E-state index is 12.4. The molecular formula is C14H7ClF3NO2. The van der Waals surface area contributed by atoms with Gasteiger partial charge < -0.3 is 0 Å². The summed E-state index contributed by atoms with van der Waals surface area (Å²) in [5.74, 6) is -1.83. The van der Waals surface area contributed by atoms with Gasteiger partial charge in [0.2, 0.25) is 11.6 Å². The summed E-state index contributed by atoms with van der Waals surface area (Å²) < 4.78 is 37.3. The predicted molar refractivity (Wildman–Crippen MR) is 69.4 cm³/mol. The number of nitrogens with zero attached hydrogens (tertiary/aromatic N) is 1. The largest absolute Gasteiger partial charge is 0.416 e. The smallest absolute Gasteiger partial charge is 0.285 e. The number of carbonyl (C=O) groups is 2. The van der Waals surface area contributed by atoms with E-state index in [1.807, 2.05) is 0 Å². The third kappa shape index (κ3) is 3.28. The van der Waals surface area contributed by atoms with Crippen molar-refractivity contribution in [3.63, 3.8) is 0 Å². The van der Waals surface area contributed by atoms with Gasteiger partial charge in [0.15, 0.2) is 0 Å². The van der Waals surface area contributed by atoms with E-state index in [4.69, 9.17) is 11.6 Å². The van der Waals surface area contributed by atoms with Crippen LogP contribution in [0.5, 0.6) is 0 Å². The van der Waals surface area contributed by atoms with E-state index in [9.17, 15) is 22.8 Å². The maximum absolute atomic E-state index is 12.4. The number of ketones is 2. The van der Waals surface area contributed by atoms with Crippen LogP contribution in [0.2, 0.25) is 5.02 Å². The number of hydrogen-bond donors (Lipinski definition) is 0. The molecule has 21 heavy (non-hydrogen) atoms. The molecule has 3 nitrogen and oxygen atoms in total. The van der Waals surface area contributed by atoms with Crippen molar-refractivity contribution < 1.29 is 22.8 Å². The molecule has 0 atom stereocenters. The molecule has 2 rings (SSSR count). The molecule has 1 aromatic carbocycles. The zero-order chi connectivity index (χ0) is 15.6. The second-order valence-electron chi connectivity index (χ2n) is 4.09. The lowest BCUT2D eigenvalue weighted by molar-refractivity contribution is -0.137. The Hall–Kier alpha value is -2.21. The number of pyridine rings is 1. The summed E-state index contributed by atoms with van der Waals surface area (Å²) in [4.78, 5) is 27.6. The number of Topliss-reactive ketones (excluding diaryl/α,β-unsaturated/α-hetero) is 2. The summed E-state index contributed by atoms with van der Waals surface area (Å²) in [6.07, 6.45) is -2.01. The Bertz CT molecular complexity index is 696. The Kier molecular flexibility index (Phi) is 4.09. The van der Waals surface area contributed by atoms with Gasteiger partial charge in [-0.1, -0.05) is 23.7 Å². The predicted octanol–water partition coefficient (Wildman–Crippen LogP) is 3.82. The molecule has 0 bridgehead atoms. The first-order chi connectivity index (χ1) is 9.80. The Labute approximate surface area is 122 Å². The molecule has 0 fully saturated rings. The van der Waals surface area contributed by atoms with Crippen LogP contribution < -0.4 is 0 Å². The molecule has 0 unspecified atom stereocenters. The van der Waals surface area contributed by atoms with E-state index in [2.05, 4.69) is 4.98 Å². The van der Waals surface area contributed by atoms with Crippen molar-refractivity contribution in [1.82, 2.24) is 4.98 Å². The fourth-order valence-electron chi connectivity index (χ4n) is 1.62. The summed E-state index contributed by atoms with van der Waals surface area (Å²) in [6.45, 7) is 0. The van der Waals surface area contributed by atoms with Crippen molar-refractivity contribution in [3.8, 4) is 0 Å². The second kappa shape index (κ2) is 5.65. The summed E-state index contributed by atoms with van der Waals surface area (Å²) in [5, 5.41) is 0.00256. The molecule has 2 aromatic rings. The first-order valence-corrected chi connectivity index (χ1v) is 6.04. The molecule has 0 aliphatic heterocycles. The van der Waals surface area contributed by atoms with Crippen molar-refractivity contribution in [3.05, 3.63) is 64.4 Å². The summed E-state index contributed by atoms with van der Waals surface area (Å²) in [7, 11) is 0. The minimum atomic E-state index is -4.50. The number of halogens is 4. The van der Waals surface area contributed by atoms with Crippen molar-refractivity contribution in [2.45, 2.75) is 6.18 Å². The van der Waals surface area contributed by atoms with Crippen LogP contribution in [0.25, 0.3) is 0 Å². The molecular weight excluding hydrogens is 307 g/mol. The molecule has 108 valence electrons. The van der Waals surface area contributed by atoms with Gasteiger partial charge in [-0.2, -0.15) is 13.2 Å². The molecule has 0 amide bonds. The monoisotopic (exact) mass is 313 g/mol. The summed E-state index contributed by atoms with van der Waals surface area (Å²) in [6, 6.07) is 4.67. The van der Waals surface area contributed by atoms with Gasteiger partial charge >= 0.3 is 6.18 Å². The lowest BCUT2D eigenvalue weighted by Crippen LogP contribution is -2.15. The lowest BCUT2D eigenvalue weighted by Gasteiger charge is -2.07. The van der Waals surface area contributed by atoms with Crippen molar-refractivity contribution in [1.29, 1.82) is 0 Å². The van der Waals surface area contributed by atoms with Gasteiger partial charge in [-0.05, 0) is 18.2 Å². The van der Waals surface area contributed by atoms with E-state index >= 15 is 0 Å². The average molecular weight is 314 g/mol. The van der Waals surface area contributed by atoms with E-state index in [0.29, 0.717) is 0 Å². The molecule has 1 heterocycles. The van der Waals surface area contributed by atoms with E-state index in [-0.39, 0.29) is 16.1 Å². The van der Waals surface area contributed by atoms with Gasteiger partial charge in [-0.15, -0.1) is 0 Å². The van der Waals surface area contributed by atoms with Gasteiger partial charge in [-0.3, -0.25) is 14.6 Å². The second-order valence-corrected chi connectivity index (χ2v) is 4.50. The number of alkyl halides is 3. The Morgan fingerprint density at radius 2 is 1.62 bits per heavy atom. The van der Waals surface area contributed by atoms with Crippen LogP contribution in [-0.4, -0.2) is 16.6 Å². The minimum Gasteiger partial charge on any atom is -0.285 e. The molecule has 0 saturated carbocycles. The summed E-state index contributed by atoms with van der Waals surface area (Å²) >= 11 is 5.75. The van der Waals surface area contributed by atoms with Crippen LogP contribution >= 0.6 is 11.6 Å². The number of carbonyl (C=O) groups excluding carboxylic acids is 2. The van der Waals surface area contributed by atoms with Crippen LogP contribution in [0.1, 0.15) is 26.3 Å². The number of aromatic nitrogens is 1. The number of rotatable bonds is 3. The van der Waals surface area contributed by atoms with E-state index < -0.39 is 23.3 Å². The highest BCUT2D eigenvalue weighted by Gasteiger charge is 2.30. The van der Waals surface area contributed by atoms with Crippen molar-refractivity contribution in [2.75, 3.05) is 0 Å². The van der Waals surface area contributed by atoms with Gasteiger partial charge in [0.25, 0.3) is 0 Å². The molecule has 0 spiro atoms. The highest BCUT2D eigenvalue weighted by Crippen LogP contribution is 2.29.